The highest BCUT2D eigenvalue weighted by molar-refractivity contribution is 5.98. The molecule has 6 nitrogen and oxygen atoms in total. The van der Waals surface area contributed by atoms with Crippen molar-refractivity contribution in [2.24, 2.45) is 0 Å². The highest BCUT2D eigenvalue weighted by Crippen LogP contribution is 2.32. The molecule has 1 N–H and O–H groups in total. The van der Waals surface area contributed by atoms with E-state index in [0.29, 0.717) is 25.1 Å². The van der Waals surface area contributed by atoms with E-state index in [0.717, 1.165) is 6.42 Å². The second-order valence-electron chi connectivity index (χ2n) is 6.85. The zero-order valence-corrected chi connectivity index (χ0v) is 13.7. The number of nitrogens with one attached hydrogen (secondary N) is 1. The molecule has 1 aromatic carbocycles. The standard InChI is InChI=1S/C17H16F3N3O3/c18-10-6-12(20)11(19)5-9(10)15(24)21-8-4-14-17(26)22-3-1-2-13(22)16(25)23(14)7-8/h5-6,8,13-14H,1-4,7H2,(H,21,24)/t8-,13-,14-/m0/s1. The highest BCUT2D eigenvalue weighted by Gasteiger charge is 2.51. The molecule has 0 saturated carbocycles. The molecule has 3 aliphatic heterocycles. The molecular weight excluding hydrogens is 351 g/mol. The molecule has 138 valence electrons. The average Bonchev–Trinajstić information content (AvgIpc) is 3.23. The summed E-state index contributed by atoms with van der Waals surface area (Å²) in [6, 6.07) is -0.833. The van der Waals surface area contributed by atoms with Gasteiger partial charge in [-0.25, -0.2) is 13.2 Å². The van der Waals surface area contributed by atoms with E-state index in [2.05, 4.69) is 5.32 Å². The molecule has 3 atom stereocenters. The summed E-state index contributed by atoms with van der Waals surface area (Å²) >= 11 is 0. The number of nitrogens with zero attached hydrogens (tertiary/aromatic N) is 2. The van der Waals surface area contributed by atoms with Crippen molar-refractivity contribution in [3.8, 4) is 0 Å². The van der Waals surface area contributed by atoms with Gasteiger partial charge in [0.05, 0.1) is 5.56 Å². The fourth-order valence-corrected chi connectivity index (χ4v) is 4.05. The molecule has 9 heteroatoms. The number of rotatable bonds is 2. The number of benzene rings is 1. The second kappa shape index (κ2) is 6.00. The maximum Gasteiger partial charge on any atom is 0.254 e. The zero-order chi connectivity index (χ0) is 18.6. The van der Waals surface area contributed by atoms with Gasteiger partial charge in [-0.05, 0) is 25.3 Å². The summed E-state index contributed by atoms with van der Waals surface area (Å²) in [5.41, 5.74) is -0.618. The first kappa shape index (κ1) is 16.9. The first-order valence-corrected chi connectivity index (χ1v) is 8.43. The fraction of sp³-hybridized carbons (Fsp3) is 0.471. The van der Waals surface area contributed by atoms with Gasteiger partial charge in [0.1, 0.15) is 17.9 Å². The van der Waals surface area contributed by atoms with Gasteiger partial charge in [-0.3, -0.25) is 14.4 Å². The summed E-state index contributed by atoms with van der Waals surface area (Å²) in [6.07, 6.45) is 1.63. The lowest BCUT2D eigenvalue weighted by Crippen LogP contribution is -2.60. The van der Waals surface area contributed by atoms with Gasteiger partial charge in [0.15, 0.2) is 11.6 Å². The Balaban J connectivity index is 1.50. The van der Waals surface area contributed by atoms with Crippen molar-refractivity contribution in [1.29, 1.82) is 0 Å². The van der Waals surface area contributed by atoms with Crippen molar-refractivity contribution in [3.63, 3.8) is 0 Å². The van der Waals surface area contributed by atoms with Crippen LogP contribution >= 0.6 is 0 Å². The van der Waals surface area contributed by atoms with E-state index in [1.54, 1.807) is 4.90 Å². The van der Waals surface area contributed by atoms with E-state index in [9.17, 15) is 27.6 Å². The minimum atomic E-state index is -1.38. The van der Waals surface area contributed by atoms with E-state index < -0.39 is 47.0 Å². The van der Waals surface area contributed by atoms with Gasteiger partial charge in [0, 0.05) is 25.2 Å². The van der Waals surface area contributed by atoms with Crippen LogP contribution in [0.3, 0.4) is 0 Å². The molecule has 3 heterocycles. The predicted octanol–water partition coefficient (Wildman–Crippen LogP) is 0.808. The molecule has 0 aliphatic carbocycles. The summed E-state index contributed by atoms with van der Waals surface area (Å²) in [5.74, 6) is -5.07. The molecule has 3 fully saturated rings. The molecular formula is C17H16F3N3O3. The number of piperazine rings is 1. The molecule has 0 unspecified atom stereocenters. The maximum atomic E-state index is 13.7. The highest BCUT2D eigenvalue weighted by atomic mass is 19.2. The molecule has 3 aliphatic rings. The minimum absolute atomic E-state index is 0.136. The normalized spacial score (nSPS) is 27.6. The molecule has 3 amide bonds. The molecule has 3 saturated heterocycles. The Morgan fingerprint density at radius 1 is 1.00 bits per heavy atom. The van der Waals surface area contributed by atoms with Crippen molar-refractivity contribution in [3.05, 3.63) is 35.1 Å². The van der Waals surface area contributed by atoms with Crippen molar-refractivity contribution in [1.82, 2.24) is 15.1 Å². The van der Waals surface area contributed by atoms with Gasteiger partial charge < -0.3 is 15.1 Å². The molecule has 0 aromatic heterocycles. The Bertz CT molecular complexity index is 786. The minimum Gasteiger partial charge on any atom is -0.347 e. The summed E-state index contributed by atoms with van der Waals surface area (Å²) < 4.78 is 40.0. The van der Waals surface area contributed by atoms with Crippen LogP contribution in [0.15, 0.2) is 12.1 Å². The van der Waals surface area contributed by atoms with E-state index in [1.807, 2.05) is 0 Å². The van der Waals surface area contributed by atoms with Gasteiger partial charge in [-0.15, -0.1) is 0 Å². The van der Waals surface area contributed by atoms with Crippen LogP contribution in [0.25, 0.3) is 0 Å². The number of fused-ring (bicyclic) bond motifs is 2. The van der Waals surface area contributed by atoms with Crippen molar-refractivity contribution in [2.75, 3.05) is 13.1 Å². The van der Waals surface area contributed by atoms with Crippen LogP contribution in [0.4, 0.5) is 13.2 Å². The molecule has 4 rings (SSSR count). The number of hydrogen-bond acceptors (Lipinski definition) is 3. The Morgan fingerprint density at radius 2 is 1.69 bits per heavy atom. The largest absolute Gasteiger partial charge is 0.347 e. The molecule has 26 heavy (non-hydrogen) atoms. The number of hydrogen-bond donors (Lipinski definition) is 1. The first-order chi connectivity index (χ1) is 12.4. The van der Waals surface area contributed by atoms with E-state index in [1.165, 1.54) is 4.90 Å². The number of amides is 3. The van der Waals surface area contributed by atoms with Gasteiger partial charge in [-0.2, -0.15) is 0 Å². The lowest BCUT2D eigenvalue weighted by Gasteiger charge is -2.38. The maximum absolute atomic E-state index is 13.7. The molecule has 1 aromatic rings. The third kappa shape index (κ3) is 2.53. The zero-order valence-electron chi connectivity index (χ0n) is 13.7. The third-order valence-electron chi connectivity index (χ3n) is 5.28. The van der Waals surface area contributed by atoms with Gasteiger partial charge >= 0.3 is 0 Å². The number of halogens is 3. The van der Waals surface area contributed by atoms with Crippen molar-refractivity contribution >= 4 is 17.7 Å². The van der Waals surface area contributed by atoms with Crippen molar-refractivity contribution in [2.45, 2.75) is 37.4 Å². The van der Waals surface area contributed by atoms with Gasteiger partial charge in [-0.1, -0.05) is 0 Å². The van der Waals surface area contributed by atoms with Crippen molar-refractivity contribution < 1.29 is 27.6 Å². The SMILES string of the molecule is O=C(N[C@H]1C[C@H]2C(=O)N3CCC[C@H]3C(=O)N2C1)c1cc(F)c(F)cc1F. The summed E-state index contributed by atoms with van der Waals surface area (Å²) in [4.78, 5) is 40.3. The Morgan fingerprint density at radius 3 is 2.46 bits per heavy atom. The topological polar surface area (TPSA) is 69.7 Å². The van der Waals surface area contributed by atoms with Crippen LogP contribution in [0.2, 0.25) is 0 Å². The van der Waals surface area contributed by atoms with Crippen LogP contribution < -0.4 is 5.32 Å². The average molecular weight is 367 g/mol. The smallest absolute Gasteiger partial charge is 0.254 e. The van der Waals surface area contributed by atoms with E-state index in [4.69, 9.17) is 0 Å². The monoisotopic (exact) mass is 367 g/mol. The second-order valence-corrected chi connectivity index (χ2v) is 6.85. The number of carbonyl (C=O) groups excluding carboxylic acids is 3. The van der Waals surface area contributed by atoms with E-state index in [-0.39, 0.29) is 24.8 Å². The van der Waals surface area contributed by atoms with Crippen LogP contribution in [0, 0.1) is 17.5 Å². The third-order valence-corrected chi connectivity index (χ3v) is 5.28. The lowest BCUT2D eigenvalue weighted by molar-refractivity contribution is -0.156. The van der Waals surface area contributed by atoms with Gasteiger partial charge in [0.2, 0.25) is 11.8 Å². The Hall–Kier alpha value is -2.58. The quantitative estimate of drug-likeness (QED) is 0.787. The van der Waals surface area contributed by atoms with Crippen LogP contribution in [-0.4, -0.2) is 58.7 Å². The Kier molecular flexibility index (Phi) is 3.89. The summed E-state index contributed by atoms with van der Waals surface area (Å²) in [5, 5.41) is 2.51. The summed E-state index contributed by atoms with van der Waals surface area (Å²) in [6.45, 7) is 0.688. The Labute approximate surface area is 146 Å². The van der Waals surface area contributed by atoms with Crippen LogP contribution in [0.1, 0.15) is 29.6 Å². The van der Waals surface area contributed by atoms with E-state index >= 15 is 0 Å². The van der Waals surface area contributed by atoms with Crippen LogP contribution in [-0.2, 0) is 9.59 Å². The lowest BCUT2D eigenvalue weighted by atomic mass is 10.1. The fourth-order valence-electron chi connectivity index (χ4n) is 4.05. The number of carbonyl (C=O) groups is 3. The van der Waals surface area contributed by atoms with Crippen LogP contribution in [0.5, 0.6) is 0 Å². The molecule has 0 spiro atoms. The predicted molar refractivity (Wildman–Crippen MR) is 82.4 cm³/mol. The summed E-state index contributed by atoms with van der Waals surface area (Å²) in [7, 11) is 0. The molecule has 0 radical (unpaired) electrons. The first-order valence-electron chi connectivity index (χ1n) is 8.43. The van der Waals surface area contributed by atoms with Gasteiger partial charge in [0.25, 0.3) is 5.91 Å². The molecule has 0 bridgehead atoms.